The van der Waals surface area contributed by atoms with Gasteiger partial charge in [-0.05, 0) is 23.3 Å². The third kappa shape index (κ3) is 3.60. The van der Waals surface area contributed by atoms with Crippen molar-refractivity contribution in [3.8, 4) is 5.75 Å². The van der Waals surface area contributed by atoms with Gasteiger partial charge in [0, 0.05) is 25.6 Å². The van der Waals surface area contributed by atoms with Gasteiger partial charge in [-0.2, -0.15) is 0 Å². The Hall–Kier alpha value is -2.33. The molecule has 0 radical (unpaired) electrons. The molecule has 4 heteroatoms. The largest absolute Gasteiger partial charge is 0.497 e. The van der Waals surface area contributed by atoms with Crippen LogP contribution < -0.4 is 4.74 Å². The second-order valence-corrected chi connectivity index (χ2v) is 6.19. The Labute approximate surface area is 143 Å². The number of hydrogen-bond acceptors (Lipinski definition) is 4. The summed E-state index contributed by atoms with van der Waals surface area (Å²) < 4.78 is 10.4. The van der Waals surface area contributed by atoms with Crippen molar-refractivity contribution >= 4 is 5.97 Å². The molecule has 0 aromatic heterocycles. The van der Waals surface area contributed by atoms with Crippen molar-refractivity contribution in [2.24, 2.45) is 5.92 Å². The van der Waals surface area contributed by atoms with Gasteiger partial charge in [0.25, 0.3) is 0 Å². The molecule has 4 nitrogen and oxygen atoms in total. The summed E-state index contributed by atoms with van der Waals surface area (Å²) in [5, 5.41) is 0. The second kappa shape index (κ2) is 7.49. The van der Waals surface area contributed by atoms with Gasteiger partial charge in [-0.3, -0.25) is 9.69 Å². The normalized spacial score (nSPS) is 20.8. The molecule has 1 aliphatic rings. The van der Waals surface area contributed by atoms with E-state index < -0.39 is 0 Å². The van der Waals surface area contributed by atoms with Crippen molar-refractivity contribution in [1.29, 1.82) is 0 Å². The molecule has 0 saturated carbocycles. The number of methoxy groups -OCH3 is 2. The first-order valence-corrected chi connectivity index (χ1v) is 8.19. The zero-order valence-electron chi connectivity index (χ0n) is 14.1. The van der Waals surface area contributed by atoms with Gasteiger partial charge in [0.05, 0.1) is 20.1 Å². The number of nitrogens with zero attached hydrogens (tertiary/aromatic N) is 1. The highest BCUT2D eigenvalue weighted by Crippen LogP contribution is 2.35. The summed E-state index contributed by atoms with van der Waals surface area (Å²) in [6.07, 6.45) is 0. The van der Waals surface area contributed by atoms with E-state index in [1.807, 2.05) is 36.4 Å². The Morgan fingerprint density at radius 1 is 1.08 bits per heavy atom. The van der Waals surface area contributed by atoms with Crippen LogP contribution in [0, 0.1) is 5.92 Å². The SMILES string of the molecule is COC(=O)[C@@H]1CN(Cc2ccccc2)CC1c1cccc(OC)c1. The number of benzene rings is 2. The fourth-order valence-corrected chi connectivity index (χ4v) is 3.46. The lowest BCUT2D eigenvalue weighted by molar-refractivity contribution is -0.145. The van der Waals surface area contributed by atoms with Gasteiger partial charge in [-0.25, -0.2) is 0 Å². The van der Waals surface area contributed by atoms with Crippen LogP contribution in [0.3, 0.4) is 0 Å². The van der Waals surface area contributed by atoms with E-state index in [-0.39, 0.29) is 17.8 Å². The molecule has 1 fully saturated rings. The lowest BCUT2D eigenvalue weighted by Crippen LogP contribution is -2.24. The maximum Gasteiger partial charge on any atom is 0.310 e. The molecule has 0 N–H and O–H groups in total. The molecule has 2 atom stereocenters. The molecular weight excluding hydrogens is 302 g/mol. The van der Waals surface area contributed by atoms with Gasteiger partial charge >= 0.3 is 5.97 Å². The van der Waals surface area contributed by atoms with E-state index in [9.17, 15) is 4.79 Å². The van der Waals surface area contributed by atoms with Crippen LogP contribution in [-0.4, -0.2) is 38.2 Å². The van der Waals surface area contributed by atoms with E-state index in [0.717, 1.165) is 24.4 Å². The Morgan fingerprint density at radius 3 is 2.58 bits per heavy atom. The van der Waals surface area contributed by atoms with E-state index in [1.165, 1.54) is 12.7 Å². The molecule has 2 aromatic carbocycles. The second-order valence-electron chi connectivity index (χ2n) is 6.19. The quantitative estimate of drug-likeness (QED) is 0.792. The maximum absolute atomic E-state index is 12.3. The Balaban J connectivity index is 1.81. The molecule has 0 spiro atoms. The van der Waals surface area contributed by atoms with Gasteiger partial charge in [-0.1, -0.05) is 42.5 Å². The van der Waals surface area contributed by atoms with Crippen molar-refractivity contribution in [3.63, 3.8) is 0 Å². The Bertz CT molecular complexity index is 686. The summed E-state index contributed by atoms with van der Waals surface area (Å²) in [7, 11) is 3.12. The topological polar surface area (TPSA) is 38.8 Å². The van der Waals surface area contributed by atoms with Crippen LogP contribution in [0.25, 0.3) is 0 Å². The molecule has 3 rings (SSSR count). The summed E-state index contributed by atoms with van der Waals surface area (Å²) in [6, 6.07) is 18.3. The molecule has 1 heterocycles. The van der Waals surface area contributed by atoms with Gasteiger partial charge in [0.15, 0.2) is 0 Å². The number of carbonyl (C=O) groups is 1. The van der Waals surface area contributed by atoms with Crippen LogP contribution in [0.15, 0.2) is 54.6 Å². The van der Waals surface area contributed by atoms with E-state index in [0.29, 0.717) is 6.54 Å². The van der Waals surface area contributed by atoms with Crippen LogP contribution in [-0.2, 0) is 16.1 Å². The van der Waals surface area contributed by atoms with Gasteiger partial charge in [0.1, 0.15) is 5.75 Å². The molecule has 24 heavy (non-hydrogen) atoms. The first kappa shape index (κ1) is 16.5. The monoisotopic (exact) mass is 325 g/mol. The molecule has 2 aromatic rings. The number of hydrogen-bond donors (Lipinski definition) is 0. The van der Waals surface area contributed by atoms with Crippen LogP contribution >= 0.6 is 0 Å². The lowest BCUT2D eigenvalue weighted by atomic mass is 9.89. The Kier molecular flexibility index (Phi) is 5.16. The third-order valence-corrected chi connectivity index (χ3v) is 4.67. The molecule has 0 bridgehead atoms. The van der Waals surface area contributed by atoms with Crippen LogP contribution in [0.4, 0.5) is 0 Å². The third-order valence-electron chi connectivity index (χ3n) is 4.67. The van der Waals surface area contributed by atoms with E-state index in [2.05, 4.69) is 23.1 Å². The first-order chi connectivity index (χ1) is 11.7. The molecule has 126 valence electrons. The van der Waals surface area contributed by atoms with Gasteiger partial charge < -0.3 is 9.47 Å². The maximum atomic E-state index is 12.3. The molecule has 0 amide bonds. The van der Waals surface area contributed by atoms with Crippen molar-refractivity contribution in [2.75, 3.05) is 27.3 Å². The minimum absolute atomic E-state index is 0.122. The highest BCUT2D eigenvalue weighted by Gasteiger charge is 2.39. The summed E-state index contributed by atoms with van der Waals surface area (Å²) in [5.41, 5.74) is 2.38. The summed E-state index contributed by atoms with van der Waals surface area (Å²) in [4.78, 5) is 14.6. The number of likely N-dealkylation sites (tertiary alicyclic amines) is 1. The van der Waals surface area contributed by atoms with E-state index >= 15 is 0 Å². The average Bonchev–Trinajstić information content (AvgIpc) is 3.05. The van der Waals surface area contributed by atoms with Crippen molar-refractivity contribution in [3.05, 3.63) is 65.7 Å². The minimum Gasteiger partial charge on any atom is -0.497 e. The fraction of sp³-hybridized carbons (Fsp3) is 0.350. The first-order valence-electron chi connectivity index (χ1n) is 8.19. The van der Waals surface area contributed by atoms with Gasteiger partial charge in [0.2, 0.25) is 0 Å². The summed E-state index contributed by atoms with van der Waals surface area (Å²) in [6.45, 7) is 2.39. The standard InChI is InChI=1S/C20H23NO3/c1-23-17-10-6-9-16(11-17)18-13-21(14-19(18)20(22)24-2)12-15-7-4-3-5-8-15/h3-11,18-19H,12-14H2,1-2H3/t18?,19-/m1/s1. The van der Waals surface area contributed by atoms with Crippen LogP contribution in [0.1, 0.15) is 17.0 Å². The fourth-order valence-electron chi connectivity index (χ4n) is 3.46. The van der Waals surface area contributed by atoms with Crippen molar-refractivity contribution in [1.82, 2.24) is 4.90 Å². The zero-order chi connectivity index (χ0) is 16.9. The van der Waals surface area contributed by atoms with E-state index in [1.54, 1.807) is 7.11 Å². The number of ether oxygens (including phenoxy) is 2. The zero-order valence-corrected chi connectivity index (χ0v) is 14.1. The molecule has 0 aliphatic carbocycles. The number of rotatable bonds is 5. The smallest absolute Gasteiger partial charge is 0.310 e. The van der Waals surface area contributed by atoms with Crippen LogP contribution in [0.2, 0.25) is 0 Å². The Morgan fingerprint density at radius 2 is 1.88 bits per heavy atom. The van der Waals surface area contributed by atoms with Crippen molar-refractivity contribution in [2.45, 2.75) is 12.5 Å². The highest BCUT2D eigenvalue weighted by molar-refractivity contribution is 5.74. The summed E-state index contributed by atoms with van der Waals surface area (Å²) >= 11 is 0. The predicted octanol–water partition coefficient (Wildman–Crippen LogP) is 3.08. The van der Waals surface area contributed by atoms with Gasteiger partial charge in [-0.15, -0.1) is 0 Å². The number of carbonyl (C=O) groups excluding carboxylic acids is 1. The summed E-state index contributed by atoms with van der Waals surface area (Å²) in [5.74, 6) is 0.651. The lowest BCUT2D eigenvalue weighted by Gasteiger charge is -2.17. The van der Waals surface area contributed by atoms with Crippen molar-refractivity contribution < 1.29 is 14.3 Å². The van der Waals surface area contributed by atoms with Crippen LogP contribution in [0.5, 0.6) is 5.75 Å². The molecule has 1 aliphatic heterocycles. The predicted molar refractivity (Wildman–Crippen MR) is 93.0 cm³/mol. The molecular formula is C20H23NO3. The van der Waals surface area contributed by atoms with E-state index in [4.69, 9.17) is 9.47 Å². The highest BCUT2D eigenvalue weighted by atomic mass is 16.5. The average molecular weight is 325 g/mol. The molecule has 1 saturated heterocycles. The minimum atomic E-state index is -0.147. The number of esters is 1. The molecule has 1 unspecified atom stereocenters.